The van der Waals surface area contributed by atoms with Crippen molar-refractivity contribution in [2.75, 3.05) is 6.54 Å². The Morgan fingerprint density at radius 1 is 1.38 bits per heavy atom. The Balaban J connectivity index is 1.52. The average Bonchev–Trinajstić information content (AvgIpc) is 3.04. The van der Waals surface area contributed by atoms with Crippen LogP contribution in [-0.4, -0.2) is 36.4 Å². The van der Waals surface area contributed by atoms with E-state index in [0.717, 1.165) is 38.4 Å². The van der Waals surface area contributed by atoms with E-state index in [1.54, 1.807) is 6.33 Å². The second-order valence-electron chi connectivity index (χ2n) is 6.15. The van der Waals surface area contributed by atoms with Crippen LogP contribution in [-0.2, 0) is 26.1 Å². The Kier molecular flexibility index (Phi) is 3.25. The largest absolute Gasteiger partial charge is 0.291 e. The van der Waals surface area contributed by atoms with E-state index in [-0.39, 0.29) is 0 Å². The number of hydrogen-bond acceptors (Lipinski definition) is 4. The molecule has 1 aliphatic carbocycles. The lowest BCUT2D eigenvalue weighted by Gasteiger charge is -2.29. The van der Waals surface area contributed by atoms with Gasteiger partial charge in [-0.25, -0.2) is 9.67 Å². The van der Waals surface area contributed by atoms with Gasteiger partial charge in [0, 0.05) is 43.2 Å². The molecule has 0 aromatic carbocycles. The Hall–Kier alpha value is -1.69. The van der Waals surface area contributed by atoms with Gasteiger partial charge in [0.2, 0.25) is 0 Å². The van der Waals surface area contributed by atoms with Crippen molar-refractivity contribution in [2.24, 2.45) is 0 Å². The lowest BCUT2D eigenvalue weighted by atomic mass is 9.81. The molecular weight excluding hydrogens is 264 g/mol. The van der Waals surface area contributed by atoms with Gasteiger partial charge < -0.3 is 0 Å². The molecule has 1 aliphatic heterocycles. The van der Waals surface area contributed by atoms with E-state index in [1.807, 2.05) is 4.68 Å². The number of fused-ring (bicyclic) bond motifs is 1. The molecule has 112 valence electrons. The third kappa shape index (κ3) is 2.27. The predicted octanol–water partition coefficient (Wildman–Crippen LogP) is 1.85. The van der Waals surface area contributed by atoms with Crippen LogP contribution in [0, 0.1) is 0 Å². The van der Waals surface area contributed by atoms with Crippen molar-refractivity contribution in [3.05, 3.63) is 29.1 Å². The molecule has 0 unspecified atom stereocenters. The van der Waals surface area contributed by atoms with E-state index in [4.69, 9.17) is 0 Å². The Morgan fingerprint density at radius 3 is 3.05 bits per heavy atom. The first-order valence-corrected chi connectivity index (χ1v) is 8.00. The SMILES string of the molecule is CCn1ncnc1CN1CCc2[nH]nc(C3CCC3)c2C1. The van der Waals surface area contributed by atoms with Crippen molar-refractivity contribution in [1.82, 2.24) is 29.9 Å². The number of rotatable bonds is 4. The van der Waals surface area contributed by atoms with E-state index in [0.29, 0.717) is 5.92 Å². The summed E-state index contributed by atoms with van der Waals surface area (Å²) in [4.78, 5) is 6.86. The summed E-state index contributed by atoms with van der Waals surface area (Å²) in [5.41, 5.74) is 4.14. The fourth-order valence-corrected chi connectivity index (χ4v) is 3.40. The highest BCUT2D eigenvalue weighted by atomic mass is 15.3. The molecule has 3 heterocycles. The highest BCUT2D eigenvalue weighted by Gasteiger charge is 2.29. The number of aromatic amines is 1. The Labute approximate surface area is 124 Å². The van der Waals surface area contributed by atoms with Gasteiger partial charge in [0.1, 0.15) is 12.2 Å². The zero-order chi connectivity index (χ0) is 14.2. The maximum atomic E-state index is 4.60. The number of hydrogen-bond donors (Lipinski definition) is 1. The van der Waals surface area contributed by atoms with Crippen LogP contribution in [0.2, 0.25) is 0 Å². The number of nitrogens with one attached hydrogen (secondary N) is 1. The summed E-state index contributed by atoms with van der Waals surface area (Å²) in [6, 6.07) is 0. The molecule has 0 spiro atoms. The minimum absolute atomic E-state index is 0.698. The number of nitrogens with zero attached hydrogens (tertiary/aromatic N) is 5. The van der Waals surface area contributed by atoms with Gasteiger partial charge in [-0.15, -0.1) is 0 Å². The van der Waals surface area contributed by atoms with Gasteiger partial charge in [0.05, 0.1) is 12.2 Å². The van der Waals surface area contributed by atoms with Gasteiger partial charge in [0.25, 0.3) is 0 Å². The average molecular weight is 286 g/mol. The van der Waals surface area contributed by atoms with Crippen LogP contribution >= 0.6 is 0 Å². The highest BCUT2D eigenvalue weighted by Crippen LogP contribution is 2.38. The summed E-state index contributed by atoms with van der Waals surface area (Å²) < 4.78 is 1.98. The van der Waals surface area contributed by atoms with Crippen LogP contribution in [0.25, 0.3) is 0 Å². The molecule has 4 rings (SSSR count). The zero-order valence-electron chi connectivity index (χ0n) is 12.5. The summed E-state index contributed by atoms with van der Waals surface area (Å²) in [6.07, 6.45) is 6.69. The minimum atomic E-state index is 0.698. The topological polar surface area (TPSA) is 62.6 Å². The molecule has 0 amide bonds. The molecule has 0 bridgehead atoms. The minimum Gasteiger partial charge on any atom is -0.291 e. The van der Waals surface area contributed by atoms with E-state index >= 15 is 0 Å². The van der Waals surface area contributed by atoms with Gasteiger partial charge >= 0.3 is 0 Å². The van der Waals surface area contributed by atoms with Crippen LogP contribution in [0.5, 0.6) is 0 Å². The van der Waals surface area contributed by atoms with E-state index in [9.17, 15) is 0 Å². The van der Waals surface area contributed by atoms with Crippen LogP contribution in [0.4, 0.5) is 0 Å². The maximum absolute atomic E-state index is 4.60. The van der Waals surface area contributed by atoms with Crippen molar-refractivity contribution >= 4 is 0 Å². The molecule has 6 heteroatoms. The van der Waals surface area contributed by atoms with Crippen LogP contribution in [0.3, 0.4) is 0 Å². The molecule has 0 saturated heterocycles. The van der Waals surface area contributed by atoms with Crippen LogP contribution in [0.15, 0.2) is 6.33 Å². The number of aryl methyl sites for hydroxylation is 1. The molecule has 2 aromatic heterocycles. The first kappa shape index (κ1) is 13.0. The van der Waals surface area contributed by atoms with Crippen molar-refractivity contribution in [3.8, 4) is 0 Å². The highest BCUT2D eigenvalue weighted by molar-refractivity contribution is 5.31. The molecule has 2 aromatic rings. The molecule has 1 fully saturated rings. The predicted molar refractivity (Wildman–Crippen MR) is 78.7 cm³/mol. The van der Waals surface area contributed by atoms with Gasteiger partial charge in [-0.1, -0.05) is 6.42 Å². The number of aromatic nitrogens is 5. The van der Waals surface area contributed by atoms with Crippen molar-refractivity contribution < 1.29 is 0 Å². The molecule has 21 heavy (non-hydrogen) atoms. The van der Waals surface area contributed by atoms with Crippen molar-refractivity contribution in [2.45, 2.75) is 58.2 Å². The van der Waals surface area contributed by atoms with Gasteiger partial charge in [-0.2, -0.15) is 10.2 Å². The second kappa shape index (κ2) is 5.26. The molecule has 1 N–H and O–H groups in total. The molecule has 1 saturated carbocycles. The summed E-state index contributed by atoms with van der Waals surface area (Å²) >= 11 is 0. The maximum Gasteiger partial charge on any atom is 0.141 e. The summed E-state index contributed by atoms with van der Waals surface area (Å²) in [7, 11) is 0. The van der Waals surface area contributed by atoms with Gasteiger partial charge in [0.15, 0.2) is 0 Å². The standard InChI is InChI=1S/C15H22N6/c1-2-21-14(16-10-17-21)9-20-7-6-13-12(8-20)15(19-18-13)11-4-3-5-11/h10-11H,2-9H2,1H3,(H,18,19). The molecule has 2 aliphatic rings. The lowest BCUT2D eigenvalue weighted by Crippen LogP contribution is -2.31. The molecule has 6 nitrogen and oxygen atoms in total. The first-order chi connectivity index (χ1) is 10.3. The monoisotopic (exact) mass is 286 g/mol. The van der Waals surface area contributed by atoms with E-state index in [2.05, 4.69) is 32.1 Å². The third-order valence-electron chi connectivity index (χ3n) is 4.90. The quantitative estimate of drug-likeness (QED) is 0.931. The zero-order valence-corrected chi connectivity index (χ0v) is 12.5. The van der Waals surface area contributed by atoms with Gasteiger partial charge in [-0.3, -0.25) is 10.00 Å². The Bertz CT molecular complexity index is 624. The van der Waals surface area contributed by atoms with Crippen LogP contribution < -0.4 is 0 Å². The summed E-state index contributed by atoms with van der Waals surface area (Å²) in [6.45, 7) is 5.93. The Morgan fingerprint density at radius 2 is 2.29 bits per heavy atom. The molecule has 0 radical (unpaired) electrons. The molecule has 0 atom stereocenters. The van der Waals surface area contributed by atoms with E-state index < -0.39 is 0 Å². The fourth-order valence-electron chi connectivity index (χ4n) is 3.40. The van der Waals surface area contributed by atoms with E-state index in [1.165, 1.54) is 36.2 Å². The smallest absolute Gasteiger partial charge is 0.141 e. The fraction of sp³-hybridized carbons (Fsp3) is 0.667. The second-order valence-corrected chi connectivity index (χ2v) is 6.15. The summed E-state index contributed by atoms with van der Waals surface area (Å²) in [5, 5.41) is 12.1. The van der Waals surface area contributed by atoms with Gasteiger partial charge in [-0.05, 0) is 19.8 Å². The van der Waals surface area contributed by atoms with Crippen molar-refractivity contribution in [3.63, 3.8) is 0 Å². The first-order valence-electron chi connectivity index (χ1n) is 8.00. The van der Waals surface area contributed by atoms with Crippen LogP contribution in [0.1, 0.15) is 54.9 Å². The lowest BCUT2D eigenvalue weighted by molar-refractivity contribution is 0.232. The van der Waals surface area contributed by atoms with Crippen molar-refractivity contribution in [1.29, 1.82) is 0 Å². The number of H-pyrrole nitrogens is 1. The summed E-state index contributed by atoms with van der Waals surface area (Å²) in [5.74, 6) is 1.76. The normalized spacial score (nSPS) is 19.5. The third-order valence-corrected chi connectivity index (χ3v) is 4.90. The molecular formula is C15H22N6.